The van der Waals surface area contributed by atoms with E-state index in [0.717, 1.165) is 37.8 Å². The largest absolute Gasteiger partial charge is 0.507 e. The number of halogens is 1. The van der Waals surface area contributed by atoms with Crippen LogP contribution in [-0.2, 0) is 0 Å². The first-order chi connectivity index (χ1) is 9.46. The van der Waals surface area contributed by atoms with E-state index in [9.17, 15) is 14.3 Å². The lowest BCUT2D eigenvalue weighted by atomic mass is 9.77. The van der Waals surface area contributed by atoms with Crippen molar-refractivity contribution in [2.24, 2.45) is 11.7 Å². The van der Waals surface area contributed by atoms with Crippen molar-refractivity contribution in [3.8, 4) is 5.75 Å². The fraction of sp³-hybridized carbons (Fsp3) is 0.533. The summed E-state index contributed by atoms with van der Waals surface area (Å²) in [5.74, 6) is -0.675. The molecule has 0 aromatic heterocycles. The predicted molar refractivity (Wildman–Crippen MR) is 74.9 cm³/mol. The minimum atomic E-state index is -0.570. The summed E-state index contributed by atoms with van der Waals surface area (Å²) >= 11 is 0. The molecule has 2 rings (SSSR count). The zero-order chi connectivity index (χ0) is 14.8. The molecule has 1 aromatic carbocycles. The lowest BCUT2D eigenvalue weighted by molar-refractivity contribution is 0.0857. The van der Waals surface area contributed by atoms with Crippen LogP contribution in [0.25, 0.3) is 0 Å². The molecule has 0 atom stereocenters. The highest BCUT2D eigenvalue weighted by atomic mass is 19.1. The van der Waals surface area contributed by atoms with Crippen molar-refractivity contribution in [3.05, 3.63) is 29.6 Å². The second-order valence-electron chi connectivity index (χ2n) is 5.78. The third-order valence-electron chi connectivity index (χ3n) is 4.21. The van der Waals surface area contributed by atoms with Gasteiger partial charge in [0, 0.05) is 12.6 Å². The van der Waals surface area contributed by atoms with Gasteiger partial charge in [-0.1, -0.05) is 6.92 Å². The monoisotopic (exact) mass is 280 g/mol. The van der Waals surface area contributed by atoms with Gasteiger partial charge in [0.2, 0.25) is 0 Å². The average Bonchev–Trinajstić information content (AvgIpc) is 2.41. The number of aromatic hydroxyl groups is 1. The third-order valence-corrected chi connectivity index (χ3v) is 4.21. The third kappa shape index (κ3) is 3.10. The van der Waals surface area contributed by atoms with Gasteiger partial charge >= 0.3 is 0 Å². The van der Waals surface area contributed by atoms with Gasteiger partial charge in [-0.05, 0) is 43.7 Å². The number of amides is 1. The van der Waals surface area contributed by atoms with E-state index < -0.39 is 17.3 Å². The number of rotatable bonds is 3. The highest BCUT2D eigenvalue weighted by Gasteiger charge is 2.34. The van der Waals surface area contributed by atoms with Gasteiger partial charge in [0.25, 0.3) is 5.91 Å². The summed E-state index contributed by atoms with van der Waals surface area (Å²) in [6.45, 7) is 2.56. The summed E-state index contributed by atoms with van der Waals surface area (Å²) in [7, 11) is 0. The Morgan fingerprint density at radius 3 is 2.70 bits per heavy atom. The first kappa shape index (κ1) is 14.8. The van der Waals surface area contributed by atoms with Crippen LogP contribution < -0.4 is 11.1 Å². The molecular formula is C15H21FN2O2. The Labute approximate surface area is 118 Å². The van der Waals surface area contributed by atoms with Crippen molar-refractivity contribution in [1.29, 1.82) is 0 Å². The molecule has 1 saturated carbocycles. The minimum absolute atomic E-state index is 0.0813. The Bertz CT molecular complexity index is 497. The normalized spacial score (nSPS) is 26.2. The van der Waals surface area contributed by atoms with E-state index in [2.05, 4.69) is 12.2 Å². The molecule has 4 N–H and O–H groups in total. The molecule has 1 fully saturated rings. The molecule has 0 unspecified atom stereocenters. The van der Waals surface area contributed by atoms with Crippen LogP contribution in [-0.4, -0.2) is 23.1 Å². The van der Waals surface area contributed by atoms with Gasteiger partial charge in [0.15, 0.2) is 0 Å². The molecule has 20 heavy (non-hydrogen) atoms. The molecule has 4 nitrogen and oxygen atoms in total. The summed E-state index contributed by atoms with van der Waals surface area (Å²) in [6, 6.07) is 3.38. The summed E-state index contributed by atoms with van der Waals surface area (Å²) in [6.07, 6.45) is 3.70. The van der Waals surface area contributed by atoms with E-state index in [1.54, 1.807) is 0 Å². The van der Waals surface area contributed by atoms with E-state index in [1.165, 1.54) is 6.07 Å². The Morgan fingerprint density at radius 2 is 2.15 bits per heavy atom. The van der Waals surface area contributed by atoms with Crippen molar-refractivity contribution >= 4 is 5.91 Å². The molecular weight excluding hydrogens is 259 g/mol. The summed E-state index contributed by atoms with van der Waals surface area (Å²) in [5.41, 5.74) is 5.50. The number of carbonyl (C=O) groups excluding carboxylic acids is 1. The maximum atomic E-state index is 12.9. The van der Waals surface area contributed by atoms with Gasteiger partial charge in [-0.2, -0.15) is 0 Å². The van der Waals surface area contributed by atoms with E-state index in [0.29, 0.717) is 12.5 Å². The first-order valence-corrected chi connectivity index (χ1v) is 6.97. The average molecular weight is 280 g/mol. The van der Waals surface area contributed by atoms with Crippen molar-refractivity contribution in [1.82, 2.24) is 5.32 Å². The number of nitrogens with two attached hydrogens (primary N) is 1. The molecule has 0 aliphatic heterocycles. The highest BCUT2D eigenvalue weighted by Crippen LogP contribution is 2.32. The number of hydrogen-bond acceptors (Lipinski definition) is 3. The topological polar surface area (TPSA) is 75.3 Å². The summed E-state index contributed by atoms with van der Waals surface area (Å²) in [4.78, 5) is 12.2. The maximum absolute atomic E-state index is 12.9. The molecule has 5 heteroatoms. The van der Waals surface area contributed by atoms with Crippen molar-refractivity contribution < 1.29 is 14.3 Å². The number of phenols is 1. The van der Waals surface area contributed by atoms with E-state index in [-0.39, 0.29) is 11.3 Å². The van der Waals surface area contributed by atoms with Crippen LogP contribution in [0.1, 0.15) is 43.0 Å². The molecule has 0 heterocycles. The Kier molecular flexibility index (Phi) is 4.28. The van der Waals surface area contributed by atoms with Gasteiger partial charge < -0.3 is 16.2 Å². The van der Waals surface area contributed by atoms with Gasteiger partial charge in [-0.15, -0.1) is 0 Å². The Hall–Kier alpha value is -1.62. The number of carbonyl (C=O) groups is 1. The fourth-order valence-corrected chi connectivity index (χ4v) is 2.70. The molecule has 1 aromatic rings. The van der Waals surface area contributed by atoms with Crippen molar-refractivity contribution in [2.75, 3.05) is 6.54 Å². The van der Waals surface area contributed by atoms with Crippen LogP contribution in [0.5, 0.6) is 5.75 Å². The number of benzene rings is 1. The molecule has 0 bridgehead atoms. The molecule has 0 spiro atoms. The standard InChI is InChI=1S/C15H21FN2O2/c1-10-4-6-15(9-17,7-5-10)18-14(20)12-3-2-11(16)8-13(12)19/h2-3,8,10,19H,4-7,9,17H2,1H3,(H,18,20). The van der Waals surface area contributed by atoms with Crippen LogP contribution in [0.3, 0.4) is 0 Å². The molecule has 1 aliphatic rings. The number of nitrogens with one attached hydrogen (secondary N) is 1. The lowest BCUT2D eigenvalue weighted by Crippen LogP contribution is -2.55. The lowest BCUT2D eigenvalue weighted by Gasteiger charge is -2.39. The predicted octanol–water partition coefficient (Wildman–Crippen LogP) is 2.17. The molecule has 0 saturated heterocycles. The maximum Gasteiger partial charge on any atom is 0.255 e. The molecule has 0 radical (unpaired) electrons. The second kappa shape index (κ2) is 5.79. The van der Waals surface area contributed by atoms with Gasteiger partial charge in [0.1, 0.15) is 11.6 Å². The van der Waals surface area contributed by atoms with E-state index in [1.807, 2.05) is 0 Å². The van der Waals surface area contributed by atoms with Crippen LogP contribution in [0, 0.1) is 11.7 Å². The van der Waals surface area contributed by atoms with Crippen LogP contribution in [0.4, 0.5) is 4.39 Å². The second-order valence-corrected chi connectivity index (χ2v) is 5.78. The van der Waals surface area contributed by atoms with Crippen LogP contribution >= 0.6 is 0 Å². The van der Waals surface area contributed by atoms with E-state index in [4.69, 9.17) is 5.73 Å². The van der Waals surface area contributed by atoms with Gasteiger partial charge in [-0.3, -0.25) is 4.79 Å². The fourth-order valence-electron chi connectivity index (χ4n) is 2.70. The quantitative estimate of drug-likeness (QED) is 0.794. The Morgan fingerprint density at radius 1 is 1.50 bits per heavy atom. The SMILES string of the molecule is CC1CCC(CN)(NC(=O)c2ccc(F)cc2O)CC1. The summed E-state index contributed by atoms with van der Waals surface area (Å²) in [5, 5.41) is 12.6. The van der Waals surface area contributed by atoms with E-state index >= 15 is 0 Å². The number of hydrogen-bond donors (Lipinski definition) is 3. The van der Waals surface area contributed by atoms with Gasteiger partial charge in [-0.25, -0.2) is 4.39 Å². The summed E-state index contributed by atoms with van der Waals surface area (Å²) < 4.78 is 12.9. The van der Waals surface area contributed by atoms with Crippen molar-refractivity contribution in [3.63, 3.8) is 0 Å². The molecule has 1 amide bonds. The first-order valence-electron chi connectivity index (χ1n) is 6.97. The van der Waals surface area contributed by atoms with Crippen LogP contribution in [0.15, 0.2) is 18.2 Å². The van der Waals surface area contributed by atoms with Crippen LogP contribution in [0.2, 0.25) is 0 Å². The van der Waals surface area contributed by atoms with Crippen molar-refractivity contribution in [2.45, 2.75) is 38.1 Å². The smallest absolute Gasteiger partial charge is 0.255 e. The number of phenolic OH excluding ortho intramolecular Hbond substituents is 1. The molecule has 1 aliphatic carbocycles. The zero-order valence-corrected chi connectivity index (χ0v) is 11.7. The zero-order valence-electron chi connectivity index (χ0n) is 11.7. The van der Waals surface area contributed by atoms with Gasteiger partial charge in [0.05, 0.1) is 11.1 Å². The Balaban J connectivity index is 2.13. The highest BCUT2D eigenvalue weighted by molar-refractivity contribution is 5.97. The molecule has 110 valence electrons. The minimum Gasteiger partial charge on any atom is -0.507 e.